The van der Waals surface area contributed by atoms with Crippen LogP contribution < -0.4 is 16.4 Å². The maximum Gasteiger partial charge on any atom is 0.250 e. The molecular formula is C16H19N3O. The Balaban J connectivity index is 2.17. The molecule has 4 heteroatoms. The average Bonchev–Trinajstić information content (AvgIpc) is 2.39. The van der Waals surface area contributed by atoms with Crippen molar-refractivity contribution in [2.45, 2.75) is 6.42 Å². The molecule has 2 aromatic carbocycles. The van der Waals surface area contributed by atoms with E-state index in [0.717, 1.165) is 17.7 Å². The standard InChI is InChI=1S/C16H19N3O/c1-19(2)13-6-3-11(4-7-13)9-12-5-8-14(16(18)20)15(17)10-12/h3-8,10H,9,17H2,1-2H3,(H2,18,20). The molecule has 0 aromatic heterocycles. The normalized spacial score (nSPS) is 10.3. The molecule has 0 aliphatic carbocycles. The van der Waals surface area contributed by atoms with Crippen LogP contribution in [-0.4, -0.2) is 20.0 Å². The molecule has 0 spiro atoms. The highest BCUT2D eigenvalue weighted by Gasteiger charge is 2.06. The van der Waals surface area contributed by atoms with E-state index in [1.54, 1.807) is 12.1 Å². The summed E-state index contributed by atoms with van der Waals surface area (Å²) in [6.07, 6.45) is 0.775. The number of carbonyl (C=O) groups excluding carboxylic acids is 1. The van der Waals surface area contributed by atoms with Crippen molar-refractivity contribution in [3.63, 3.8) is 0 Å². The number of hydrogen-bond acceptors (Lipinski definition) is 3. The van der Waals surface area contributed by atoms with Gasteiger partial charge in [0.05, 0.1) is 5.56 Å². The predicted molar refractivity (Wildman–Crippen MR) is 82.9 cm³/mol. The second-order valence-electron chi connectivity index (χ2n) is 5.02. The summed E-state index contributed by atoms with van der Waals surface area (Å²) in [6.45, 7) is 0. The number of benzene rings is 2. The zero-order valence-electron chi connectivity index (χ0n) is 11.8. The number of hydrogen-bond donors (Lipinski definition) is 2. The van der Waals surface area contributed by atoms with Crippen LogP contribution >= 0.6 is 0 Å². The van der Waals surface area contributed by atoms with Gasteiger partial charge in [-0.15, -0.1) is 0 Å². The van der Waals surface area contributed by atoms with E-state index < -0.39 is 5.91 Å². The SMILES string of the molecule is CN(C)c1ccc(Cc2ccc(C(N)=O)c(N)c2)cc1. The van der Waals surface area contributed by atoms with E-state index >= 15 is 0 Å². The predicted octanol–water partition coefficient (Wildman–Crippen LogP) is 2.02. The van der Waals surface area contributed by atoms with Gasteiger partial charge in [-0.25, -0.2) is 0 Å². The number of anilines is 2. The number of amides is 1. The first kappa shape index (κ1) is 13.9. The van der Waals surface area contributed by atoms with E-state index in [1.807, 2.05) is 20.2 Å². The van der Waals surface area contributed by atoms with Crippen molar-refractivity contribution in [3.8, 4) is 0 Å². The summed E-state index contributed by atoms with van der Waals surface area (Å²) in [7, 11) is 4.02. The van der Waals surface area contributed by atoms with Gasteiger partial charge in [0.2, 0.25) is 0 Å². The summed E-state index contributed by atoms with van der Waals surface area (Å²) in [5.41, 5.74) is 15.3. The molecule has 0 aliphatic rings. The molecular weight excluding hydrogens is 250 g/mol. The first-order chi connectivity index (χ1) is 9.47. The summed E-state index contributed by atoms with van der Waals surface area (Å²) in [6, 6.07) is 13.7. The van der Waals surface area contributed by atoms with Crippen LogP contribution in [0.4, 0.5) is 11.4 Å². The van der Waals surface area contributed by atoms with Gasteiger partial charge in [-0.1, -0.05) is 18.2 Å². The minimum atomic E-state index is -0.496. The molecule has 1 amide bonds. The van der Waals surface area contributed by atoms with E-state index in [9.17, 15) is 4.79 Å². The van der Waals surface area contributed by atoms with Gasteiger partial charge in [0.1, 0.15) is 0 Å². The van der Waals surface area contributed by atoms with Crippen molar-refractivity contribution in [2.75, 3.05) is 24.7 Å². The minimum absolute atomic E-state index is 0.372. The smallest absolute Gasteiger partial charge is 0.250 e. The summed E-state index contributed by atoms with van der Waals surface area (Å²) in [5, 5.41) is 0. The van der Waals surface area contributed by atoms with Crippen molar-refractivity contribution in [2.24, 2.45) is 5.73 Å². The highest BCUT2D eigenvalue weighted by Crippen LogP contribution is 2.18. The molecule has 0 saturated carbocycles. The lowest BCUT2D eigenvalue weighted by atomic mass is 10.0. The van der Waals surface area contributed by atoms with Gasteiger partial charge in [-0.05, 0) is 41.8 Å². The fourth-order valence-electron chi connectivity index (χ4n) is 2.09. The Bertz CT molecular complexity index is 618. The topological polar surface area (TPSA) is 72.3 Å². The number of rotatable bonds is 4. The van der Waals surface area contributed by atoms with Gasteiger partial charge in [-0.3, -0.25) is 4.79 Å². The van der Waals surface area contributed by atoms with E-state index in [-0.39, 0.29) is 0 Å². The summed E-state index contributed by atoms with van der Waals surface area (Å²) in [5.74, 6) is -0.496. The molecule has 20 heavy (non-hydrogen) atoms. The van der Waals surface area contributed by atoms with Crippen molar-refractivity contribution >= 4 is 17.3 Å². The fraction of sp³-hybridized carbons (Fsp3) is 0.188. The molecule has 0 bridgehead atoms. The van der Waals surface area contributed by atoms with E-state index in [0.29, 0.717) is 11.3 Å². The zero-order chi connectivity index (χ0) is 14.7. The van der Waals surface area contributed by atoms with Gasteiger partial charge >= 0.3 is 0 Å². The number of nitrogen functional groups attached to an aromatic ring is 1. The Labute approximate surface area is 119 Å². The molecule has 0 saturated heterocycles. The molecule has 0 radical (unpaired) electrons. The largest absolute Gasteiger partial charge is 0.398 e. The van der Waals surface area contributed by atoms with Crippen molar-refractivity contribution in [1.82, 2.24) is 0 Å². The quantitative estimate of drug-likeness (QED) is 0.834. The maximum absolute atomic E-state index is 11.1. The molecule has 4 N–H and O–H groups in total. The number of nitrogens with zero attached hydrogens (tertiary/aromatic N) is 1. The monoisotopic (exact) mass is 269 g/mol. The lowest BCUT2D eigenvalue weighted by Crippen LogP contribution is -2.13. The molecule has 2 rings (SSSR count). The average molecular weight is 269 g/mol. The third-order valence-corrected chi connectivity index (χ3v) is 3.24. The molecule has 0 fully saturated rings. The van der Waals surface area contributed by atoms with Crippen molar-refractivity contribution in [1.29, 1.82) is 0 Å². The van der Waals surface area contributed by atoms with Crippen LogP contribution in [0.2, 0.25) is 0 Å². The lowest BCUT2D eigenvalue weighted by molar-refractivity contribution is 0.100. The fourth-order valence-corrected chi connectivity index (χ4v) is 2.09. The maximum atomic E-state index is 11.1. The van der Waals surface area contributed by atoms with E-state index in [4.69, 9.17) is 11.5 Å². The summed E-state index contributed by atoms with van der Waals surface area (Å²) >= 11 is 0. The Morgan fingerprint density at radius 2 is 1.65 bits per heavy atom. The van der Waals surface area contributed by atoms with Crippen LogP contribution in [0.25, 0.3) is 0 Å². The molecule has 0 atom stereocenters. The highest BCUT2D eigenvalue weighted by atomic mass is 16.1. The van der Waals surface area contributed by atoms with Gasteiger partial charge in [0.25, 0.3) is 5.91 Å². The molecule has 4 nitrogen and oxygen atoms in total. The molecule has 0 heterocycles. The van der Waals surface area contributed by atoms with Crippen LogP contribution in [0.3, 0.4) is 0 Å². The third-order valence-electron chi connectivity index (χ3n) is 3.24. The lowest BCUT2D eigenvalue weighted by Gasteiger charge is -2.13. The minimum Gasteiger partial charge on any atom is -0.398 e. The highest BCUT2D eigenvalue weighted by molar-refractivity contribution is 5.98. The van der Waals surface area contributed by atoms with Crippen molar-refractivity contribution in [3.05, 3.63) is 59.2 Å². The molecule has 2 aromatic rings. The summed E-state index contributed by atoms with van der Waals surface area (Å²) in [4.78, 5) is 13.2. The van der Waals surface area contributed by atoms with Crippen LogP contribution in [0.5, 0.6) is 0 Å². The first-order valence-electron chi connectivity index (χ1n) is 6.42. The van der Waals surface area contributed by atoms with E-state index in [2.05, 4.69) is 29.2 Å². The van der Waals surface area contributed by atoms with Crippen molar-refractivity contribution < 1.29 is 4.79 Å². The van der Waals surface area contributed by atoms with Gasteiger partial charge in [-0.2, -0.15) is 0 Å². The van der Waals surface area contributed by atoms with E-state index in [1.165, 1.54) is 5.56 Å². The van der Waals surface area contributed by atoms with Gasteiger partial charge in [0, 0.05) is 25.5 Å². The van der Waals surface area contributed by atoms with Crippen LogP contribution in [-0.2, 0) is 6.42 Å². The molecule has 0 unspecified atom stereocenters. The van der Waals surface area contributed by atoms with Crippen LogP contribution in [0, 0.1) is 0 Å². The number of nitrogens with two attached hydrogens (primary N) is 2. The first-order valence-corrected chi connectivity index (χ1v) is 6.42. The zero-order valence-corrected chi connectivity index (χ0v) is 11.8. The number of carbonyl (C=O) groups is 1. The van der Waals surface area contributed by atoms with Gasteiger partial charge < -0.3 is 16.4 Å². The molecule has 0 aliphatic heterocycles. The Morgan fingerprint density at radius 1 is 1.05 bits per heavy atom. The molecule has 104 valence electrons. The second kappa shape index (κ2) is 5.65. The van der Waals surface area contributed by atoms with Crippen LogP contribution in [0.1, 0.15) is 21.5 Å². The summed E-state index contributed by atoms with van der Waals surface area (Å²) < 4.78 is 0. The third kappa shape index (κ3) is 3.09. The number of primary amides is 1. The second-order valence-corrected chi connectivity index (χ2v) is 5.02. The van der Waals surface area contributed by atoms with Crippen LogP contribution in [0.15, 0.2) is 42.5 Å². The van der Waals surface area contributed by atoms with Gasteiger partial charge in [0.15, 0.2) is 0 Å². The Morgan fingerprint density at radius 3 is 2.15 bits per heavy atom. The Kier molecular flexibility index (Phi) is 3.94. The Hall–Kier alpha value is -2.49.